The normalized spacial score (nSPS) is 15.2. The van der Waals surface area contributed by atoms with Crippen LogP contribution >= 0.6 is 0 Å². The van der Waals surface area contributed by atoms with Gasteiger partial charge in [0.1, 0.15) is 5.82 Å². The molecule has 6 nitrogen and oxygen atoms in total. The van der Waals surface area contributed by atoms with Gasteiger partial charge in [-0.1, -0.05) is 30.7 Å². The van der Waals surface area contributed by atoms with E-state index in [2.05, 4.69) is 0 Å². The molecule has 2 aromatic carbocycles. The number of hydrogen-bond acceptors (Lipinski definition) is 4. The molecule has 0 N–H and O–H groups in total. The van der Waals surface area contributed by atoms with Crippen LogP contribution < -0.4 is 0 Å². The second-order valence-electron chi connectivity index (χ2n) is 8.57. The Morgan fingerprint density at radius 2 is 1.72 bits per heavy atom. The molecule has 1 fully saturated rings. The molecule has 0 spiro atoms. The van der Waals surface area contributed by atoms with Crippen molar-refractivity contribution in [1.29, 1.82) is 0 Å². The van der Waals surface area contributed by atoms with Gasteiger partial charge in [-0.3, -0.25) is 4.79 Å². The number of aryl methyl sites for hydroxylation is 1. The minimum atomic E-state index is -3.67. The zero-order chi connectivity index (χ0) is 23.3. The van der Waals surface area contributed by atoms with E-state index < -0.39 is 10.0 Å². The predicted molar refractivity (Wildman–Crippen MR) is 123 cm³/mol. The molecule has 2 aromatic rings. The minimum absolute atomic E-state index is 0.113. The molecule has 1 saturated heterocycles. The van der Waals surface area contributed by atoms with Crippen LogP contribution in [0.4, 0.5) is 4.39 Å². The van der Waals surface area contributed by atoms with Gasteiger partial charge in [-0.05, 0) is 57.6 Å². The summed E-state index contributed by atoms with van der Waals surface area (Å²) in [6, 6.07) is 11.2. The largest absolute Gasteiger partial charge is 0.333 e. The summed E-state index contributed by atoms with van der Waals surface area (Å²) in [6.07, 6.45) is 2.72. The van der Waals surface area contributed by atoms with Crippen molar-refractivity contribution >= 4 is 15.9 Å². The molecule has 0 aliphatic carbocycles. The van der Waals surface area contributed by atoms with Gasteiger partial charge in [0.05, 0.1) is 4.90 Å². The number of sulfonamides is 1. The second kappa shape index (κ2) is 10.6. The molecular formula is C24H32FN3O3S. The van der Waals surface area contributed by atoms with Crippen LogP contribution in [0.2, 0.25) is 0 Å². The Morgan fingerprint density at radius 3 is 2.38 bits per heavy atom. The van der Waals surface area contributed by atoms with Gasteiger partial charge in [0.15, 0.2) is 0 Å². The molecule has 1 heterocycles. The van der Waals surface area contributed by atoms with Gasteiger partial charge in [-0.15, -0.1) is 0 Å². The summed E-state index contributed by atoms with van der Waals surface area (Å²) in [6.45, 7) is 3.85. The standard InChI is InChI=1S/C24H32FN3O3S/c1-19-11-12-20(17-23(19)32(30,31)28-13-7-4-8-14-28)24(29)27(16-15-26(2)3)18-21-9-5-6-10-22(21)25/h5-6,9-12,17H,4,7-8,13-16,18H2,1-3H3. The molecule has 0 unspecified atom stereocenters. The van der Waals surface area contributed by atoms with E-state index in [4.69, 9.17) is 0 Å². The van der Waals surface area contributed by atoms with E-state index in [-0.39, 0.29) is 23.2 Å². The van der Waals surface area contributed by atoms with Crippen molar-refractivity contribution in [2.45, 2.75) is 37.6 Å². The topological polar surface area (TPSA) is 60.9 Å². The van der Waals surface area contributed by atoms with Crippen molar-refractivity contribution < 1.29 is 17.6 Å². The SMILES string of the molecule is Cc1ccc(C(=O)N(CCN(C)C)Cc2ccccc2F)cc1S(=O)(=O)N1CCCCC1. The van der Waals surface area contributed by atoms with Crippen LogP contribution in [-0.4, -0.2) is 68.7 Å². The first-order chi connectivity index (χ1) is 15.2. The molecule has 0 saturated carbocycles. The van der Waals surface area contributed by atoms with Crippen LogP contribution in [0.5, 0.6) is 0 Å². The molecule has 32 heavy (non-hydrogen) atoms. The molecule has 0 radical (unpaired) electrons. The molecule has 174 valence electrons. The van der Waals surface area contributed by atoms with Gasteiger partial charge in [0.2, 0.25) is 10.0 Å². The van der Waals surface area contributed by atoms with Gasteiger partial charge in [-0.2, -0.15) is 4.31 Å². The van der Waals surface area contributed by atoms with Gasteiger partial charge in [0.25, 0.3) is 5.91 Å². The summed E-state index contributed by atoms with van der Waals surface area (Å²) in [5.41, 5.74) is 1.33. The van der Waals surface area contributed by atoms with Crippen molar-refractivity contribution in [1.82, 2.24) is 14.1 Å². The molecule has 8 heteroatoms. The minimum Gasteiger partial charge on any atom is -0.333 e. The van der Waals surface area contributed by atoms with E-state index in [9.17, 15) is 17.6 Å². The Hall–Kier alpha value is -2.29. The lowest BCUT2D eigenvalue weighted by atomic mass is 10.1. The highest BCUT2D eigenvalue weighted by Crippen LogP contribution is 2.25. The maximum Gasteiger partial charge on any atom is 0.254 e. The average molecular weight is 462 g/mol. The highest BCUT2D eigenvalue weighted by Gasteiger charge is 2.29. The lowest BCUT2D eigenvalue weighted by molar-refractivity contribution is 0.0730. The van der Waals surface area contributed by atoms with E-state index in [0.717, 1.165) is 19.3 Å². The highest BCUT2D eigenvalue weighted by atomic mass is 32.2. The lowest BCUT2D eigenvalue weighted by Gasteiger charge is -2.27. The Morgan fingerprint density at radius 1 is 1.03 bits per heavy atom. The Labute approximate surface area is 190 Å². The summed E-state index contributed by atoms with van der Waals surface area (Å²) in [4.78, 5) is 17.1. The number of carbonyl (C=O) groups excluding carboxylic acids is 1. The van der Waals surface area contributed by atoms with Gasteiger partial charge in [-0.25, -0.2) is 12.8 Å². The van der Waals surface area contributed by atoms with Crippen LogP contribution in [0.15, 0.2) is 47.4 Å². The highest BCUT2D eigenvalue weighted by molar-refractivity contribution is 7.89. The first-order valence-electron chi connectivity index (χ1n) is 11.0. The van der Waals surface area contributed by atoms with Crippen LogP contribution in [0.3, 0.4) is 0 Å². The monoisotopic (exact) mass is 461 g/mol. The van der Waals surface area contributed by atoms with E-state index in [1.807, 2.05) is 19.0 Å². The third-order valence-corrected chi connectivity index (χ3v) is 7.83. The predicted octanol–water partition coefficient (Wildman–Crippen LogP) is 3.51. The van der Waals surface area contributed by atoms with Gasteiger partial charge < -0.3 is 9.80 Å². The zero-order valence-electron chi connectivity index (χ0n) is 19.1. The quantitative estimate of drug-likeness (QED) is 0.604. The molecule has 1 amide bonds. The number of carbonyl (C=O) groups is 1. The van der Waals surface area contributed by atoms with Gasteiger partial charge in [0, 0.05) is 43.9 Å². The van der Waals surface area contributed by atoms with Crippen LogP contribution in [0.25, 0.3) is 0 Å². The van der Waals surface area contributed by atoms with Crippen LogP contribution in [-0.2, 0) is 16.6 Å². The van der Waals surface area contributed by atoms with Crippen LogP contribution in [0, 0.1) is 12.7 Å². The Kier molecular flexibility index (Phi) is 8.03. The molecule has 1 aliphatic heterocycles. The molecular weight excluding hydrogens is 429 g/mol. The van der Waals surface area contributed by atoms with Crippen molar-refractivity contribution in [2.24, 2.45) is 0 Å². The van der Waals surface area contributed by atoms with E-state index >= 15 is 0 Å². The summed E-state index contributed by atoms with van der Waals surface area (Å²) < 4.78 is 42.3. The number of nitrogens with zero attached hydrogens (tertiary/aromatic N) is 3. The molecule has 1 aliphatic rings. The number of likely N-dealkylation sites (N-methyl/N-ethyl adjacent to an activating group) is 1. The fourth-order valence-electron chi connectivity index (χ4n) is 3.84. The molecule has 0 aromatic heterocycles. The fourth-order valence-corrected chi connectivity index (χ4v) is 5.61. The number of halogens is 1. The lowest BCUT2D eigenvalue weighted by Crippen LogP contribution is -2.37. The summed E-state index contributed by atoms with van der Waals surface area (Å²) in [5.74, 6) is -0.683. The number of hydrogen-bond donors (Lipinski definition) is 0. The van der Waals surface area contributed by atoms with Crippen molar-refractivity contribution in [3.05, 3.63) is 65.0 Å². The first kappa shape index (κ1) is 24.4. The first-order valence-corrected chi connectivity index (χ1v) is 12.4. The summed E-state index contributed by atoms with van der Waals surface area (Å²) >= 11 is 0. The van der Waals surface area contributed by atoms with Gasteiger partial charge >= 0.3 is 0 Å². The average Bonchev–Trinajstić information content (AvgIpc) is 2.78. The Balaban J connectivity index is 1.92. The number of benzene rings is 2. The van der Waals surface area contributed by atoms with E-state index in [1.54, 1.807) is 42.2 Å². The third kappa shape index (κ3) is 5.74. The maximum atomic E-state index is 14.3. The Bertz CT molecular complexity index is 1050. The molecule has 0 atom stereocenters. The second-order valence-corrected chi connectivity index (χ2v) is 10.5. The van der Waals surface area contributed by atoms with Crippen molar-refractivity contribution in [3.63, 3.8) is 0 Å². The van der Waals surface area contributed by atoms with Crippen molar-refractivity contribution in [2.75, 3.05) is 40.3 Å². The molecule has 3 rings (SSSR count). The number of amides is 1. The summed E-state index contributed by atoms with van der Waals surface area (Å²) in [7, 11) is 0.136. The third-order valence-electron chi connectivity index (χ3n) is 5.79. The number of rotatable bonds is 8. The van der Waals surface area contributed by atoms with E-state index in [0.29, 0.717) is 42.9 Å². The van der Waals surface area contributed by atoms with Crippen LogP contribution in [0.1, 0.15) is 40.7 Å². The van der Waals surface area contributed by atoms with Crippen molar-refractivity contribution in [3.8, 4) is 0 Å². The van der Waals surface area contributed by atoms with E-state index in [1.165, 1.54) is 16.4 Å². The zero-order valence-corrected chi connectivity index (χ0v) is 19.9. The molecule has 0 bridgehead atoms. The summed E-state index contributed by atoms with van der Waals surface area (Å²) in [5, 5.41) is 0. The smallest absolute Gasteiger partial charge is 0.254 e. The number of piperidine rings is 1. The fraction of sp³-hybridized carbons (Fsp3) is 0.458. The maximum absolute atomic E-state index is 14.3.